The molecule has 0 aliphatic heterocycles. The molecule has 2 aromatic rings. The predicted molar refractivity (Wildman–Crippen MR) is 86.1 cm³/mol. The van der Waals surface area contributed by atoms with Crippen LogP contribution in [0.3, 0.4) is 0 Å². The molecule has 1 aromatic carbocycles. The highest BCUT2D eigenvalue weighted by Crippen LogP contribution is 2.30. The van der Waals surface area contributed by atoms with Crippen LogP contribution in [-0.2, 0) is 0 Å². The monoisotopic (exact) mass is 286 g/mol. The number of anilines is 2. The minimum Gasteiger partial charge on any atom is -0.422 e. The molecular weight excluding hydrogens is 264 g/mol. The lowest BCUT2D eigenvalue weighted by Crippen LogP contribution is -2.09. The van der Waals surface area contributed by atoms with Gasteiger partial charge in [-0.05, 0) is 31.0 Å². The van der Waals surface area contributed by atoms with Crippen LogP contribution < -0.4 is 15.4 Å². The average Bonchev–Trinajstić information content (AvgIpc) is 2.40. The molecule has 2 N–H and O–H groups in total. The third kappa shape index (κ3) is 3.62. The summed E-state index contributed by atoms with van der Waals surface area (Å²) < 4.78 is 5.80. The second kappa shape index (κ2) is 5.99. The molecule has 0 unspecified atom stereocenters. The van der Waals surface area contributed by atoms with Gasteiger partial charge in [-0.2, -0.15) is 4.98 Å². The van der Waals surface area contributed by atoms with Crippen LogP contribution in [0.25, 0.3) is 0 Å². The summed E-state index contributed by atoms with van der Waals surface area (Å²) in [6, 6.07) is 7.96. The van der Waals surface area contributed by atoms with Crippen molar-refractivity contribution in [1.29, 1.82) is 0 Å². The number of benzene rings is 1. The minimum atomic E-state index is 0.319. The molecule has 0 saturated heterocycles. The molecule has 21 heavy (non-hydrogen) atoms. The van der Waals surface area contributed by atoms with E-state index in [9.17, 15) is 0 Å². The normalized spacial score (nSPS) is 10.8. The fraction of sp³-hybridized carbons (Fsp3) is 0.375. The zero-order valence-corrected chi connectivity index (χ0v) is 13.2. The van der Waals surface area contributed by atoms with Crippen molar-refractivity contribution in [3.63, 3.8) is 0 Å². The summed E-state index contributed by atoms with van der Waals surface area (Å²) in [5.74, 6) is 0.890. The summed E-state index contributed by atoms with van der Waals surface area (Å²) >= 11 is 0. The molecule has 0 bridgehead atoms. The van der Waals surface area contributed by atoms with E-state index < -0.39 is 0 Å². The number of ether oxygens (including phenoxy) is 1. The van der Waals surface area contributed by atoms with Gasteiger partial charge in [0.2, 0.25) is 0 Å². The summed E-state index contributed by atoms with van der Waals surface area (Å²) in [5.41, 5.74) is 9.39. The number of hydrogen-bond donors (Lipinski definition) is 1. The van der Waals surface area contributed by atoms with Gasteiger partial charge in [0.25, 0.3) is 0 Å². The maximum Gasteiger partial charge on any atom is 0.322 e. The topological polar surface area (TPSA) is 64.3 Å². The zero-order valence-electron chi connectivity index (χ0n) is 13.2. The average molecular weight is 286 g/mol. The van der Waals surface area contributed by atoms with Crippen LogP contribution in [0, 0.1) is 6.92 Å². The highest BCUT2D eigenvalue weighted by atomic mass is 16.5. The molecule has 0 radical (unpaired) electrons. The van der Waals surface area contributed by atoms with E-state index >= 15 is 0 Å². The fourth-order valence-electron chi connectivity index (χ4n) is 1.89. The van der Waals surface area contributed by atoms with Crippen LogP contribution in [0.5, 0.6) is 11.8 Å². The molecule has 0 aliphatic carbocycles. The predicted octanol–water partition coefficient (Wildman–Crippen LogP) is 3.35. The quantitative estimate of drug-likeness (QED) is 0.873. The van der Waals surface area contributed by atoms with Crippen LogP contribution in [0.1, 0.15) is 31.2 Å². The van der Waals surface area contributed by atoms with Crippen molar-refractivity contribution in [1.82, 2.24) is 9.97 Å². The van der Waals surface area contributed by atoms with Crippen molar-refractivity contribution in [3.8, 4) is 11.8 Å². The minimum absolute atomic E-state index is 0.319. The van der Waals surface area contributed by atoms with Crippen molar-refractivity contribution < 1.29 is 4.74 Å². The number of rotatable bonds is 4. The first kappa shape index (κ1) is 15.1. The van der Waals surface area contributed by atoms with Gasteiger partial charge in [-0.1, -0.05) is 13.8 Å². The Morgan fingerprint density at radius 3 is 2.48 bits per heavy atom. The van der Waals surface area contributed by atoms with Crippen molar-refractivity contribution in [3.05, 3.63) is 35.7 Å². The Kier molecular flexibility index (Phi) is 4.31. The first-order chi connectivity index (χ1) is 9.86. The smallest absolute Gasteiger partial charge is 0.322 e. The van der Waals surface area contributed by atoms with E-state index in [1.54, 1.807) is 0 Å². The lowest BCUT2D eigenvalue weighted by Gasteiger charge is -2.15. The molecule has 0 aliphatic rings. The number of nitrogens with two attached hydrogens (primary N) is 1. The number of nitrogens with zero attached hydrogens (tertiary/aromatic N) is 3. The number of aryl methyl sites for hydroxylation is 1. The molecule has 0 spiro atoms. The van der Waals surface area contributed by atoms with Gasteiger partial charge < -0.3 is 15.4 Å². The molecule has 1 aromatic heterocycles. The van der Waals surface area contributed by atoms with Crippen LogP contribution >= 0.6 is 0 Å². The Labute approximate surface area is 125 Å². The van der Waals surface area contributed by atoms with E-state index in [0.29, 0.717) is 23.4 Å². The SMILES string of the molecule is Cc1cc(C(C)C)nc(Oc2cc(N(C)C)ccc2N)n1. The highest BCUT2D eigenvalue weighted by molar-refractivity contribution is 5.62. The maximum absolute atomic E-state index is 5.97. The lowest BCUT2D eigenvalue weighted by molar-refractivity contribution is 0.438. The summed E-state index contributed by atoms with van der Waals surface area (Å²) in [7, 11) is 3.94. The summed E-state index contributed by atoms with van der Waals surface area (Å²) in [6.07, 6.45) is 0. The van der Waals surface area contributed by atoms with Gasteiger partial charge in [-0.25, -0.2) is 4.98 Å². The van der Waals surface area contributed by atoms with E-state index in [4.69, 9.17) is 10.5 Å². The third-order valence-electron chi connectivity index (χ3n) is 3.16. The third-order valence-corrected chi connectivity index (χ3v) is 3.16. The van der Waals surface area contributed by atoms with Crippen molar-refractivity contribution in [2.45, 2.75) is 26.7 Å². The molecule has 0 atom stereocenters. The molecule has 5 heteroatoms. The number of aromatic nitrogens is 2. The second-order valence-corrected chi connectivity index (χ2v) is 5.59. The van der Waals surface area contributed by atoms with E-state index in [1.165, 1.54) is 0 Å². The zero-order chi connectivity index (χ0) is 15.6. The second-order valence-electron chi connectivity index (χ2n) is 5.59. The molecule has 5 nitrogen and oxygen atoms in total. The highest BCUT2D eigenvalue weighted by Gasteiger charge is 2.10. The van der Waals surface area contributed by atoms with Crippen LogP contribution in [0.15, 0.2) is 24.3 Å². The van der Waals surface area contributed by atoms with Crippen LogP contribution in [0.4, 0.5) is 11.4 Å². The number of nitrogen functional groups attached to an aromatic ring is 1. The summed E-state index contributed by atoms with van der Waals surface area (Å²) in [6.45, 7) is 6.11. The van der Waals surface area contributed by atoms with Crippen LogP contribution in [-0.4, -0.2) is 24.1 Å². The summed E-state index contributed by atoms with van der Waals surface area (Å²) in [5, 5.41) is 0. The fourth-order valence-corrected chi connectivity index (χ4v) is 1.89. The molecule has 0 fully saturated rings. The van der Waals surface area contributed by atoms with Gasteiger partial charge >= 0.3 is 6.01 Å². The summed E-state index contributed by atoms with van der Waals surface area (Å²) in [4.78, 5) is 10.8. The maximum atomic E-state index is 5.97. The van der Waals surface area contributed by atoms with Crippen molar-refractivity contribution in [2.75, 3.05) is 24.7 Å². The van der Waals surface area contributed by atoms with Gasteiger partial charge in [-0.15, -0.1) is 0 Å². The lowest BCUT2D eigenvalue weighted by atomic mass is 10.1. The molecule has 0 amide bonds. The van der Waals surface area contributed by atoms with Gasteiger partial charge in [-0.3, -0.25) is 0 Å². The molecule has 112 valence electrons. The first-order valence-corrected chi connectivity index (χ1v) is 6.97. The van der Waals surface area contributed by atoms with Gasteiger partial charge in [0.05, 0.1) is 11.4 Å². The van der Waals surface area contributed by atoms with Crippen LogP contribution in [0.2, 0.25) is 0 Å². The molecule has 2 rings (SSSR count). The van der Waals surface area contributed by atoms with E-state index in [-0.39, 0.29) is 0 Å². The molecule has 1 heterocycles. The van der Waals surface area contributed by atoms with E-state index in [1.807, 2.05) is 50.2 Å². The van der Waals surface area contributed by atoms with E-state index in [2.05, 4.69) is 23.8 Å². The first-order valence-electron chi connectivity index (χ1n) is 6.97. The van der Waals surface area contributed by atoms with Gasteiger partial charge in [0.1, 0.15) is 0 Å². The standard InChI is InChI=1S/C16H22N4O/c1-10(2)14-8-11(3)18-16(19-14)21-15-9-12(20(4)5)6-7-13(15)17/h6-10H,17H2,1-5H3. The number of hydrogen-bond acceptors (Lipinski definition) is 5. The van der Waals surface area contributed by atoms with Crippen molar-refractivity contribution >= 4 is 11.4 Å². The van der Waals surface area contributed by atoms with E-state index in [0.717, 1.165) is 17.1 Å². The van der Waals surface area contributed by atoms with Gasteiger partial charge in [0.15, 0.2) is 5.75 Å². The Morgan fingerprint density at radius 2 is 1.86 bits per heavy atom. The Morgan fingerprint density at radius 1 is 1.14 bits per heavy atom. The molecule has 0 saturated carbocycles. The van der Waals surface area contributed by atoms with Crippen molar-refractivity contribution in [2.24, 2.45) is 0 Å². The largest absolute Gasteiger partial charge is 0.422 e. The van der Waals surface area contributed by atoms with Gasteiger partial charge in [0, 0.05) is 31.5 Å². The Hall–Kier alpha value is -2.30. The Bertz CT molecular complexity index is 638. The Balaban J connectivity index is 2.35. The molecular formula is C16H22N4O.